The first-order valence-electron chi connectivity index (χ1n) is 10.8. The Bertz CT molecular complexity index is 1170. The van der Waals surface area contributed by atoms with E-state index in [9.17, 15) is 4.79 Å². The maximum atomic E-state index is 12.8. The van der Waals surface area contributed by atoms with Gasteiger partial charge in [-0.3, -0.25) is 4.79 Å². The first-order chi connectivity index (χ1) is 14.9. The van der Waals surface area contributed by atoms with E-state index in [-0.39, 0.29) is 11.7 Å². The summed E-state index contributed by atoms with van der Waals surface area (Å²) in [5, 5.41) is 5.02. The lowest BCUT2D eigenvalue weighted by Gasteiger charge is -2.28. The zero-order valence-corrected chi connectivity index (χ0v) is 19.1. The maximum absolute atomic E-state index is 12.8. The number of thiocarbonyl (C=S) groups is 1. The van der Waals surface area contributed by atoms with Crippen molar-refractivity contribution in [2.75, 3.05) is 18.5 Å². The van der Waals surface area contributed by atoms with E-state index in [2.05, 4.69) is 54.2 Å². The van der Waals surface area contributed by atoms with Gasteiger partial charge >= 0.3 is 0 Å². The zero-order valence-electron chi connectivity index (χ0n) is 18.3. The fourth-order valence-corrected chi connectivity index (χ4v) is 4.34. The van der Waals surface area contributed by atoms with Crippen molar-refractivity contribution >= 4 is 33.9 Å². The van der Waals surface area contributed by atoms with Gasteiger partial charge in [0, 0.05) is 29.9 Å². The summed E-state index contributed by atoms with van der Waals surface area (Å²) in [5.41, 5.74) is 5.95. The number of H-pyrrole nitrogens is 1. The third-order valence-electron chi connectivity index (χ3n) is 5.80. The van der Waals surface area contributed by atoms with Gasteiger partial charge in [-0.05, 0) is 81.0 Å². The van der Waals surface area contributed by atoms with E-state index >= 15 is 0 Å². The normalized spacial score (nSPS) is 15.9. The number of nitrogens with one attached hydrogen (secondary N) is 2. The van der Waals surface area contributed by atoms with E-state index in [1.54, 1.807) is 0 Å². The summed E-state index contributed by atoms with van der Waals surface area (Å²) in [5.74, 6) is 0. The van der Waals surface area contributed by atoms with Crippen LogP contribution < -0.4 is 10.9 Å². The van der Waals surface area contributed by atoms with E-state index in [0.717, 1.165) is 47.2 Å². The van der Waals surface area contributed by atoms with Crippen LogP contribution in [0.4, 0.5) is 5.69 Å². The molecule has 0 radical (unpaired) electrons. The molecule has 1 aliphatic rings. The van der Waals surface area contributed by atoms with Crippen molar-refractivity contribution in [3.8, 4) is 0 Å². The molecular weight excluding hydrogens is 406 g/mol. The molecule has 1 aliphatic heterocycles. The van der Waals surface area contributed by atoms with Crippen LogP contribution in [0.5, 0.6) is 0 Å². The number of aromatic amines is 1. The van der Waals surface area contributed by atoms with E-state index in [0.29, 0.717) is 23.8 Å². The van der Waals surface area contributed by atoms with Gasteiger partial charge in [-0.2, -0.15) is 0 Å². The zero-order chi connectivity index (χ0) is 22.0. The molecule has 1 saturated heterocycles. The van der Waals surface area contributed by atoms with Gasteiger partial charge in [0.15, 0.2) is 5.11 Å². The Morgan fingerprint density at radius 1 is 1.16 bits per heavy atom. The Morgan fingerprint density at radius 2 is 1.94 bits per heavy atom. The van der Waals surface area contributed by atoms with Crippen molar-refractivity contribution in [3.05, 3.63) is 75.1 Å². The number of anilines is 1. The second kappa shape index (κ2) is 9.20. The van der Waals surface area contributed by atoms with Gasteiger partial charge in [-0.25, -0.2) is 0 Å². The monoisotopic (exact) mass is 435 g/mol. The van der Waals surface area contributed by atoms with Crippen LogP contribution in [0.3, 0.4) is 0 Å². The topological polar surface area (TPSA) is 57.4 Å². The van der Waals surface area contributed by atoms with E-state index in [1.807, 2.05) is 24.3 Å². The number of aromatic nitrogens is 1. The summed E-state index contributed by atoms with van der Waals surface area (Å²) < 4.78 is 5.86. The minimum atomic E-state index is -0.0805. The maximum Gasteiger partial charge on any atom is 0.253 e. The van der Waals surface area contributed by atoms with Crippen LogP contribution in [-0.4, -0.2) is 34.3 Å². The molecule has 2 aromatic carbocycles. The van der Waals surface area contributed by atoms with Crippen molar-refractivity contribution in [3.63, 3.8) is 0 Å². The van der Waals surface area contributed by atoms with Crippen LogP contribution in [0.15, 0.2) is 47.3 Å². The second-order valence-corrected chi connectivity index (χ2v) is 8.87. The fraction of sp³-hybridized carbons (Fsp3) is 0.360. The van der Waals surface area contributed by atoms with Crippen molar-refractivity contribution < 1.29 is 4.74 Å². The molecule has 2 N–H and O–H groups in total. The molecule has 0 amide bonds. The molecule has 31 heavy (non-hydrogen) atoms. The Balaban J connectivity index is 1.61. The van der Waals surface area contributed by atoms with Crippen LogP contribution in [0.2, 0.25) is 0 Å². The molecule has 1 fully saturated rings. The Morgan fingerprint density at radius 3 is 2.68 bits per heavy atom. The highest BCUT2D eigenvalue weighted by Gasteiger charge is 2.22. The molecule has 1 unspecified atom stereocenters. The number of aryl methyl sites for hydroxylation is 3. The highest BCUT2D eigenvalue weighted by atomic mass is 32.1. The average Bonchev–Trinajstić information content (AvgIpc) is 3.23. The second-order valence-electron chi connectivity index (χ2n) is 8.48. The number of pyridine rings is 1. The predicted molar refractivity (Wildman–Crippen MR) is 131 cm³/mol. The lowest BCUT2D eigenvalue weighted by Crippen LogP contribution is -2.40. The smallest absolute Gasteiger partial charge is 0.253 e. The molecule has 0 aliphatic carbocycles. The molecule has 3 aromatic rings. The van der Waals surface area contributed by atoms with Gasteiger partial charge in [0.2, 0.25) is 0 Å². The van der Waals surface area contributed by atoms with Crippen molar-refractivity contribution in [2.24, 2.45) is 0 Å². The van der Waals surface area contributed by atoms with Gasteiger partial charge < -0.3 is 19.9 Å². The number of ether oxygens (including phenoxy) is 1. The molecule has 162 valence electrons. The summed E-state index contributed by atoms with van der Waals surface area (Å²) in [6, 6.07) is 14.3. The van der Waals surface area contributed by atoms with Crippen LogP contribution in [0.1, 0.15) is 35.1 Å². The minimum Gasteiger partial charge on any atom is -0.376 e. The third kappa shape index (κ3) is 5.14. The lowest BCUT2D eigenvalue weighted by molar-refractivity contribution is 0.0904. The third-order valence-corrected chi connectivity index (χ3v) is 6.16. The predicted octanol–water partition coefficient (Wildman–Crippen LogP) is 4.83. The molecule has 2 heterocycles. The summed E-state index contributed by atoms with van der Waals surface area (Å²) in [6.45, 7) is 8.06. The Labute approximate surface area is 188 Å². The minimum absolute atomic E-state index is 0.0805. The number of hydrogen-bond donors (Lipinski definition) is 2. The quantitative estimate of drug-likeness (QED) is 0.562. The summed E-state index contributed by atoms with van der Waals surface area (Å²) >= 11 is 5.79. The standard InChI is InChI=1S/C25H29N3O2S/c1-16-6-8-22(18(3)11-16)27-25(31)28(15-21-5-4-10-30-21)14-20-13-19-12-17(2)7-9-23(19)26-24(20)29/h6-9,11-13,21H,4-5,10,14-15H2,1-3H3,(H,26,29)(H,27,31). The summed E-state index contributed by atoms with van der Waals surface area (Å²) in [7, 11) is 0. The van der Waals surface area contributed by atoms with E-state index < -0.39 is 0 Å². The van der Waals surface area contributed by atoms with Crippen LogP contribution >= 0.6 is 12.2 Å². The number of fused-ring (bicyclic) bond motifs is 1. The highest BCUT2D eigenvalue weighted by Crippen LogP contribution is 2.20. The van der Waals surface area contributed by atoms with Gasteiger partial charge in [0.1, 0.15) is 0 Å². The number of hydrogen-bond acceptors (Lipinski definition) is 3. The fourth-order valence-electron chi connectivity index (χ4n) is 4.10. The molecule has 1 atom stereocenters. The first-order valence-corrected chi connectivity index (χ1v) is 11.2. The molecule has 4 rings (SSSR count). The van der Waals surface area contributed by atoms with Crippen molar-refractivity contribution in [1.82, 2.24) is 9.88 Å². The molecule has 0 bridgehead atoms. The Kier molecular flexibility index (Phi) is 6.39. The number of rotatable bonds is 5. The highest BCUT2D eigenvalue weighted by molar-refractivity contribution is 7.80. The van der Waals surface area contributed by atoms with E-state index in [1.165, 1.54) is 5.56 Å². The first kappa shape index (κ1) is 21.5. The number of benzene rings is 2. The molecule has 0 spiro atoms. The van der Waals surface area contributed by atoms with Crippen LogP contribution in [-0.2, 0) is 11.3 Å². The van der Waals surface area contributed by atoms with Crippen LogP contribution in [0, 0.1) is 20.8 Å². The lowest BCUT2D eigenvalue weighted by atomic mass is 10.1. The van der Waals surface area contributed by atoms with Gasteiger partial charge in [-0.1, -0.05) is 29.3 Å². The molecular formula is C25H29N3O2S. The number of nitrogens with zero attached hydrogens (tertiary/aromatic N) is 1. The van der Waals surface area contributed by atoms with Gasteiger partial charge in [-0.15, -0.1) is 0 Å². The van der Waals surface area contributed by atoms with Gasteiger partial charge in [0.05, 0.1) is 12.6 Å². The van der Waals surface area contributed by atoms with Crippen molar-refractivity contribution in [2.45, 2.75) is 46.3 Å². The SMILES string of the molecule is Cc1ccc(NC(=S)N(Cc2cc3cc(C)ccc3[nH]c2=O)CC2CCCO2)c(C)c1. The molecule has 6 heteroatoms. The summed E-state index contributed by atoms with van der Waals surface area (Å²) in [4.78, 5) is 17.8. The van der Waals surface area contributed by atoms with E-state index in [4.69, 9.17) is 17.0 Å². The molecule has 5 nitrogen and oxygen atoms in total. The van der Waals surface area contributed by atoms with Crippen LogP contribution in [0.25, 0.3) is 10.9 Å². The average molecular weight is 436 g/mol. The molecule has 1 aromatic heterocycles. The van der Waals surface area contributed by atoms with Crippen molar-refractivity contribution in [1.29, 1.82) is 0 Å². The summed E-state index contributed by atoms with van der Waals surface area (Å²) in [6.07, 6.45) is 2.20. The Hall–Kier alpha value is -2.70. The largest absolute Gasteiger partial charge is 0.376 e. The molecule has 0 saturated carbocycles. The van der Waals surface area contributed by atoms with Gasteiger partial charge in [0.25, 0.3) is 5.56 Å².